The molecule has 1 atom stereocenters. The van der Waals surface area contributed by atoms with Crippen LogP contribution in [0, 0.1) is 5.92 Å². The molecule has 178 valence electrons. The molecule has 3 heterocycles. The summed E-state index contributed by atoms with van der Waals surface area (Å²) >= 11 is 1.21. The van der Waals surface area contributed by atoms with E-state index in [1.807, 2.05) is 23.1 Å². The lowest BCUT2D eigenvalue weighted by atomic mass is 9.99. The third kappa shape index (κ3) is 4.65. The van der Waals surface area contributed by atoms with Crippen LogP contribution < -0.4 is 10.1 Å². The predicted octanol–water partition coefficient (Wildman–Crippen LogP) is 3.55. The summed E-state index contributed by atoms with van der Waals surface area (Å²) in [4.78, 5) is 44.5. The smallest absolute Gasteiger partial charge is 0.300 e. The van der Waals surface area contributed by atoms with E-state index in [-0.39, 0.29) is 11.6 Å². The number of nitrogens with one attached hydrogen (secondary N) is 2. The van der Waals surface area contributed by atoms with E-state index in [0.717, 1.165) is 12.8 Å². The van der Waals surface area contributed by atoms with Crippen LogP contribution >= 0.6 is 11.3 Å². The van der Waals surface area contributed by atoms with Gasteiger partial charge >= 0.3 is 0 Å². The Labute approximate surface area is 205 Å². The largest absolute Gasteiger partial charge is 0.496 e. The Morgan fingerprint density at radius 2 is 2.06 bits per heavy atom. The van der Waals surface area contributed by atoms with Crippen LogP contribution in [0.2, 0.25) is 0 Å². The van der Waals surface area contributed by atoms with Gasteiger partial charge in [-0.05, 0) is 30.4 Å². The molecule has 5 rings (SSSR count). The molecule has 0 radical (unpaired) electrons. The maximum absolute atomic E-state index is 13.5. The molecule has 1 saturated heterocycles. The molecule has 1 aliphatic heterocycles. The second kappa shape index (κ2) is 9.67. The molecular formula is C25H23N5O4S. The van der Waals surface area contributed by atoms with Crippen LogP contribution in [0.5, 0.6) is 5.75 Å². The number of hydrogen-bond acceptors (Lipinski definition) is 7. The van der Waals surface area contributed by atoms with Crippen LogP contribution in [0.3, 0.4) is 0 Å². The fraction of sp³-hybridized carbons (Fsp3) is 0.240. The zero-order valence-electron chi connectivity index (χ0n) is 19.0. The van der Waals surface area contributed by atoms with Crippen LogP contribution in [-0.2, 0) is 11.2 Å². The van der Waals surface area contributed by atoms with Gasteiger partial charge in [-0.1, -0.05) is 30.3 Å². The number of carbonyl (C=O) groups excluding carboxylic acids is 3. The number of benzene rings is 2. The van der Waals surface area contributed by atoms with Crippen molar-refractivity contribution in [1.82, 2.24) is 20.1 Å². The first-order valence-electron chi connectivity index (χ1n) is 11.2. The Kier molecular flexibility index (Phi) is 6.28. The summed E-state index contributed by atoms with van der Waals surface area (Å²) in [6.07, 6.45) is 3.36. The second-order valence-electron chi connectivity index (χ2n) is 8.39. The predicted molar refractivity (Wildman–Crippen MR) is 132 cm³/mol. The van der Waals surface area contributed by atoms with Gasteiger partial charge in [0.25, 0.3) is 17.6 Å². The Hall–Kier alpha value is -4.05. The highest BCUT2D eigenvalue weighted by Gasteiger charge is 2.30. The molecule has 2 aromatic carbocycles. The maximum Gasteiger partial charge on any atom is 0.300 e. The van der Waals surface area contributed by atoms with Gasteiger partial charge in [0.2, 0.25) is 0 Å². The van der Waals surface area contributed by atoms with Crippen molar-refractivity contribution in [1.29, 1.82) is 0 Å². The standard InChI is InChI=1S/C25H23N5O4S/c1-34-20-13-19-17(21(29-28-19)22(31)23(32)27-25-26-8-10-35-25)12-18(20)24(33)30-9-7-16(14-30)11-15-5-3-2-4-6-15/h2-6,8,10,12-13,16H,7,9,11,14H2,1H3,(H,28,29)(H,26,27,32). The van der Waals surface area contributed by atoms with E-state index in [2.05, 4.69) is 32.6 Å². The number of aromatic nitrogens is 3. The lowest BCUT2D eigenvalue weighted by Crippen LogP contribution is -2.29. The number of aromatic amines is 1. The van der Waals surface area contributed by atoms with Crippen molar-refractivity contribution in [3.63, 3.8) is 0 Å². The van der Waals surface area contributed by atoms with Gasteiger partial charge in [-0.3, -0.25) is 24.8 Å². The van der Waals surface area contributed by atoms with Crippen molar-refractivity contribution >= 4 is 45.0 Å². The number of hydrogen-bond donors (Lipinski definition) is 2. The van der Waals surface area contributed by atoms with Crippen molar-refractivity contribution in [2.75, 3.05) is 25.5 Å². The van der Waals surface area contributed by atoms with Gasteiger partial charge in [0, 0.05) is 36.1 Å². The van der Waals surface area contributed by atoms with E-state index in [9.17, 15) is 14.4 Å². The van der Waals surface area contributed by atoms with E-state index in [4.69, 9.17) is 4.74 Å². The number of Topliss-reactive ketones (excluding diaryl/α,β-unsaturated/α-hetero) is 1. The van der Waals surface area contributed by atoms with Gasteiger partial charge in [-0.15, -0.1) is 11.3 Å². The van der Waals surface area contributed by atoms with E-state index in [1.165, 1.54) is 30.2 Å². The second-order valence-corrected chi connectivity index (χ2v) is 9.28. The Morgan fingerprint density at radius 3 is 2.80 bits per heavy atom. The molecule has 10 heteroatoms. The van der Waals surface area contributed by atoms with Crippen molar-refractivity contribution in [3.8, 4) is 5.75 Å². The summed E-state index contributed by atoms with van der Waals surface area (Å²) in [5.41, 5.74) is 2.01. The quantitative estimate of drug-likeness (QED) is 0.303. The molecule has 1 aliphatic rings. The minimum absolute atomic E-state index is 0.0610. The van der Waals surface area contributed by atoms with Crippen LogP contribution in [0.1, 0.15) is 32.8 Å². The lowest BCUT2D eigenvalue weighted by Gasteiger charge is -2.18. The molecular weight excluding hydrogens is 466 g/mol. The lowest BCUT2D eigenvalue weighted by molar-refractivity contribution is -0.112. The average molecular weight is 490 g/mol. The fourth-order valence-corrected chi connectivity index (χ4v) is 4.93. The zero-order valence-corrected chi connectivity index (χ0v) is 19.8. The van der Waals surface area contributed by atoms with Gasteiger partial charge in [-0.25, -0.2) is 4.98 Å². The molecule has 0 spiro atoms. The van der Waals surface area contributed by atoms with E-state index < -0.39 is 11.7 Å². The van der Waals surface area contributed by atoms with Crippen molar-refractivity contribution in [2.24, 2.45) is 5.92 Å². The zero-order chi connectivity index (χ0) is 24.4. The molecule has 0 saturated carbocycles. The maximum atomic E-state index is 13.5. The van der Waals surface area contributed by atoms with Gasteiger partial charge in [-0.2, -0.15) is 5.10 Å². The van der Waals surface area contributed by atoms with Crippen LogP contribution in [0.25, 0.3) is 10.9 Å². The number of nitrogens with zero attached hydrogens (tertiary/aromatic N) is 3. The SMILES string of the molecule is COc1cc2[nH]nc(C(=O)C(=O)Nc3nccs3)c2cc1C(=O)N1CCC(Cc2ccccc2)C1. The summed E-state index contributed by atoms with van der Waals surface area (Å²) in [6.45, 7) is 1.28. The number of ether oxygens (including phenoxy) is 1. The normalized spacial score (nSPS) is 15.3. The molecule has 2 N–H and O–H groups in total. The van der Waals surface area contributed by atoms with Crippen LogP contribution in [0.4, 0.5) is 5.13 Å². The number of thiazole rings is 1. The van der Waals surface area contributed by atoms with Gasteiger partial charge in [0.1, 0.15) is 11.4 Å². The van der Waals surface area contributed by atoms with E-state index >= 15 is 0 Å². The topological polar surface area (TPSA) is 117 Å². The number of amides is 2. The number of anilines is 1. The Balaban J connectivity index is 1.38. The molecule has 2 aromatic heterocycles. The monoisotopic (exact) mass is 489 g/mol. The Morgan fingerprint density at radius 1 is 1.23 bits per heavy atom. The number of carbonyl (C=O) groups is 3. The summed E-state index contributed by atoms with van der Waals surface area (Å²) in [5.74, 6) is -1.09. The van der Waals surface area contributed by atoms with Crippen molar-refractivity contribution < 1.29 is 19.1 Å². The van der Waals surface area contributed by atoms with Crippen molar-refractivity contribution in [3.05, 3.63) is 70.9 Å². The number of methoxy groups -OCH3 is 1. The summed E-state index contributed by atoms with van der Waals surface area (Å²) in [7, 11) is 1.49. The molecule has 4 aromatic rings. The molecule has 0 bridgehead atoms. The first kappa shape index (κ1) is 22.7. The molecule has 9 nitrogen and oxygen atoms in total. The molecule has 1 unspecified atom stereocenters. The van der Waals surface area contributed by atoms with Gasteiger partial charge < -0.3 is 9.64 Å². The van der Waals surface area contributed by atoms with Crippen LogP contribution in [-0.4, -0.2) is 57.9 Å². The number of fused-ring (bicyclic) bond motifs is 1. The number of ketones is 1. The van der Waals surface area contributed by atoms with E-state index in [1.54, 1.807) is 17.5 Å². The summed E-state index contributed by atoms with van der Waals surface area (Å²) < 4.78 is 5.48. The third-order valence-corrected chi connectivity index (χ3v) is 6.82. The molecule has 35 heavy (non-hydrogen) atoms. The van der Waals surface area contributed by atoms with Crippen molar-refractivity contribution in [2.45, 2.75) is 12.8 Å². The first-order chi connectivity index (χ1) is 17.0. The highest BCUT2D eigenvalue weighted by molar-refractivity contribution is 7.13. The van der Waals surface area contributed by atoms with Gasteiger partial charge in [0.15, 0.2) is 5.13 Å². The fourth-order valence-electron chi connectivity index (χ4n) is 4.40. The first-order valence-corrected chi connectivity index (χ1v) is 12.1. The average Bonchev–Trinajstić information content (AvgIpc) is 3.64. The number of H-pyrrole nitrogens is 1. The molecule has 2 amide bonds. The van der Waals surface area contributed by atoms with E-state index in [0.29, 0.717) is 46.4 Å². The third-order valence-electron chi connectivity index (χ3n) is 6.13. The minimum Gasteiger partial charge on any atom is -0.496 e. The highest BCUT2D eigenvalue weighted by atomic mass is 32.1. The minimum atomic E-state index is -0.847. The van der Waals surface area contributed by atoms with Crippen LogP contribution in [0.15, 0.2) is 54.0 Å². The number of rotatable bonds is 7. The Bertz CT molecular complexity index is 1380. The molecule has 1 fully saturated rings. The number of likely N-dealkylation sites (tertiary alicyclic amines) is 1. The van der Waals surface area contributed by atoms with Gasteiger partial charge in [0.05, 0.1) is 18.2 Å². The summed E-state index contributed by atoms with van der Waals surface area (Å²) in [6, 6.07) is 13.4. The summed E-state index contributed by atoms with van der Waals surface area (Å²) in [5, 5.41) is 11.7. The highest BCUT2D eigenvalue weighted by Crippen LogP contribution is 2.30. The molecule has 0 aliphatic carbocycles.